The number of aromatic nitrogens is 2. The minimum atomic E-state index is -2.41. The zero-order chi connectivity index (χ0) is 12.7. The molecule has 17 heavy (non-hydrogen) atoms. The molecule has 98 valence electrons. The van der Waals surface area contributed by atoms with Gasteiger partial charge in [0.05, 0.1) is 19.7 Å². The molecule has 0 amide bonds. The van der Waals surface area contributed by atoms with Gasteiger partial charge >= 0.3 is 0 Å². The maximum atomic E-state index is 12.3. The van der Waals surface area contributed by atoms with E-state index in [1.165, 1.54) is 16.2 Å². The topological polar surface area (TPSA) is 61.3 Å². The maximum Gasteiger partial charge on any atom is 0.251 e. The Balaban J connectivity index is 2.52. The van der Waals surface area contributed by atoms with Gasteiger partial charge in [-0.15, -0.1) is 10.2 Å². The van der Waals surface area contributed by atoms with Crippen LogP contribution in [0.4, 0.5) is 13.9 Å². The molecule has 0 bridgehead atoms. The van der Waals surface area contributed by atoms with Crippen LogP contribution < -0.4 is 5.32 Å². The predicted octanol–water partition coefficient (Wildman–Crippen LogP) is 1.03. The first kappa shape index (κ1) is 14.2. The Labute approximate surface area is 102 Å². The summed E-state index contributed by atoms with van der Waals surface area (Å²) in [5, 5.41) is 20.9. The first-order valence-corrected chi connectivity index (χ1v) is 6.15. The highest BCUT2D eigenvalue weighted by molar-refractivity contribution is 7.15. The van der Waals surface area contributed by atoms with E-state index >= 15 is 0 Å². The van der Waals surface area contributed by atoms with Gasteiger partial charge in [-0.3, -0.25) is 4.90 Å². The summed E-state index contributed by atoms with van der Waals surface area (Å²) in [4.78, 5) is 1.46. The number of aliphatic hydroxyl groups excluding tert-OH is 1. The lowest BCUT2D eigenvalue weighted by Gasteiger charge is -2.18. The van der Waals surface area contributed by atoms with E-state index in [0.29, 0.717) is 10.1 Å². The Morgan fingerprint density at radius 3 is 2.82 bits per heavy atom. The lowest BCUT2D eigenvalue weighted by molar-refractivity contribution is 0.0745. The number of hydrogen-bond donors (Lipinski definition) is 2. The quantitative estimate of drug-likeness (QED) is 0.736. The Morgan fingerprint density at radius 1 is 1.47 bits per heavy atom. The van der Waals surface area contributed by atoms with E-state index in [1.54, 1.807) is 0 Å². The number of alkyl halides is 2. The fourth-order valence-electron chi connectivity index (χ4n) is 1.30. The summed E-state index contributed by atoms with van der Waals surface area (Å²) in [5.41, 5.74) is 0. The number of hydrogen-bond acceptors (Lipinski definition) is 6. The molecule has 0 aromatic carbocycles. The van der Waals surface area contributed by atoms with Gasteiger partial charge in [0.1, 0.15) is 5.01 Å². The monoisotopic (exact) mass is 266 g/mol. The zero-order valence-electron chi connectivity index (χ0n) is 9.57. The first-order chi connectivity index (χ1) is 8.15. The van der Waals surface area contributed by atoms with Gasteiger partial charge in [-0.05, 0) is 6.92 Å². The molecule has 0 radical (unpaired) electrons. The summed E-state index contributed by atoms with van der Waals surface area (Å²) in [6.45, 7) is 2.67. The highest BCUT2D eigenvalue weighted by Crippen LogP contribution is 2.16. The molecule has 0 saturated carbocycles. The smallest absolute Gasteiger partial charge is 0.251 e. The standard InChI is InChI=1S/C9H16F2N4OS/c1-2-12-9-14-13-8(17-9)6-15(3-4-16)5-7(10)11/h7,16H,2-6H2,1H3,(H,12,14). The molecule has 0 fully saturated rings. The fourth-order valence-corrected chi connectivity index (χ4v) is 2.15. The highest BCUT2D eigenvalue weighted by atomic mass is 32.1. The molecule has 2 N–H and O–H groups in total. The molecule has 0 aliphatic rings. The van der Waals surface area contributed by atoms with Gasteiger partial charge in [0, 0.05) is 13.1 Å². The van der Waals surface area contributed by atoms with Gasteiger partial charge in [0.2, 0.25) is 5.13 Å². The average Bonchev–Trinajstić information content (AvgIpc) is 2.65. The number of aliphatic hydroxyl groups is 1. The number of halogens is 2. The molecule has 0 aliphatic carbocycles. The van der Waals surface area contributed by atoms with E-state index in [9.17, 15) is 8.78 Å². The molecule has 5 nitrogen and oxygen atoms in total. The molecule has 1 rings (SSSR count). The number of nitrogens with one attached hydrogen (secondary N) is 1. The summed E-state index contributed by atoms with van der Waals surface area (Å²) >= 11 is 1.34. The van der Waals surface area contributed by atoms with E-state index in [-0.39, 0.29) is 26.2 Å². The van der Waals surface area contributed by atoms with Crippen LogP contribution in [0, 0.1) is 0 Å². The lowest BCUT2D eigenvalue weighted by atomic mass is 10.4. The van der Waals surface area contributed by atoms with Crippen LogP contribution in [0.1, 0.15) is 11.9 Å². The van der Waals surface area contributed by atoms with Crippen LogP contribution in [0.5, 0.6) is 0 Å². The van der Waals surface area contributed by atoms with Crippen molar-refractivity contribution < 1.29 is 13.9 Å². The van der Waals surface area contributed by atoms with Gasteiger partial charge in [0.15, 0.2) is 0 Å². The lowest BCUT2D eigenvalue weighted by Crippen LogP contribution is -2.31. The summed E-state index contributed by atoms with van der Waals surface area (Å²) in [6.07, 6.45) is -2.41. The summed E-state index contributed by atoms with van der Waals surface area (Å²) in [6, 6.07) is 0. The molecule has 1 aromatic rings. The summed E-state index contributed by atoms with van der Waals surface area (Å²) < 4.78 is 24.5. The Kier molecular flexibility index (Phi) is 6.23. The van der Waals surface area contributed by atoms with Crippen molar-refractivity contribution in [2.24, 2.45) is 0 Å². The van der Waals surface area contributed by atoms with Gasteiger partial charge in [-0.25, -0.2) is 8.78 Å². The molecular weight excluding hydrogens is 250 g/mol. The van der Waals surface area contributed by atoms with Crippen LogP contribution in [0.2, 0.25) is 0 Å². The number of rotatable bonds is 8. The second kappa shape index (κ2) is 7.46. The Hall–Kier alpha value is -0.860. The minimum absolute atomic E-state index is 0.147. The molecule has 8 heteroatoms. The highest BCUT2D eigenvalue weighted by Gasteiger charge is 2.14. The normalized spacial score (nSPS) is 11.4. The van der Waals surface area contributed by atoms with Crippen molar-refractivity contribution in [3.05, 3.63) is 5.01 Å². The maximum absolute atomic E-state index is 12.3. The van der Waals surface area contributed by atoms with Crippen LogP contribution in [0.15, 0.2) is 0 Å². The van der Waals surface area contributed by atoms with E-state index < -0.39 is 6.43 Å². The third-order valence-corrected chi connectivity index (χ3v) is 2.83. The minimum Gasteiger partial charge on any atom is -0.395 e. The molecule has 0 unspecified atom stereocenters. The van der Waals surface area contributed by atoms with Crippen LogP contribution in [-0.4, -0.2) is 52.9 Å². The molecule has 0 atom stereocenters. The van der Waals surface area contributed by atoms with Gasteiger partial charge in [0.25, 0.3) is 6.43 Å². The Morgan fingerprint density at radius 2 is 2.24 bits per heavy atom. The van der Waals surface area contributed by atoms with Crippen molar-refractivity contribution in [1.29, 1.82) is 0 Å². The SMILES string of the molecule is CCNc1nnc(CN(CCO)CC(F)F)s1. The molecular formula is C9H16F2N4OS. The molecule has 0 spiro atoms. The fraction of sp³-hybridized carbons (Fsp3) is 0.778. The van der Waals surface area contributed by atoms with Gasteiger partial charge in [-0.1, -0.05) is 11.3 Å². The summed E-state index contributed by atoms with van der Waals surface area (Å²) in [7, 11) is 0. The van der Waals surface area contributed by atoms with Crippen molar-refractivity contribution in [1.82, 2.24) is 15.1 Å². The number of anilines is 1. The summed E-state index contributed by atoms with van der Waals surface area (Å²) in [5.74, 6) is 0. The molecule has 0 aliphatic heterocycles. The molecule has 1 heterocycles. The molecule has 0 saturated heterocycles. The average molecular weight is 266 g/mol. The first-order valence-electron chi connectivity index (χ1n) is 5.33. The van der Waals surface area contributed by atoms with Gasteiger partial charge < -0.3 is 10.4 Å². The van der Waals surface area contributed by atoms with Crippen LogP contribution in [0.25, 0.3) is 0 Å². The second-order valence-corrected chi connectivity index (χ2v) is 4.44. The van der Waals surface area contributed by atoms with Crippen LogP contribution >= 0.6 is 11.3 Å². The van der Waals surface area contributed by atoms with E-state index in [1.807, 2.05) is 6.92 Å². The van der Waals surface area contributed by atoms with Crippen molar-refractivity contribution in [3.8, 4) is 0 Å². The van der Waals surface area contributed by atoms with E-state index in [2.05, 4.69) is 15.5 Å². The molecule has 1 aromatic heterocycles. The predicted molar refractivity (Wildman–Crippen MR) is 62.4 cm³/mol. The largest absolute Gasteiger partial charge is 0.395 e. The van der Waals surface area contributed by atoms with E-state index in [0.717, 1.165) is 6.54 Å². The third-order valence-electron chi connectivity index (χ3n) is 1.97. The van der Waals surface area contributed by atoms with Crippen molar-refractivity contribution in [2.75, 3.05) is 31.6 Å². The Bertz CT molecular complexity index is 324. The van der Waals surface area contributed by atoms with Crippen molar-refractivity contribution in [3.63, 3.8) is 0 Å². The van der Waals surface area contributed by atoms with Crippen molar-refractivity contribution in [2.45, 2.75) is 19.9 Å². The van der Waals surface area contributed by atoms with E-state index in [4.69, 9.17) is 5.11 Å². The van der Waals surface area contributed by atoms with Crippen LogP contribution in [-0.2, 0) is 6.54 Å². The second-order valence-electron chi connectivity index (χ2n) is 3.38. The zero-order valence-corrected chi connectivity index (χ0v) is 10.4. The van der Waals surface area contributed by atoms with Crippen molar-refractivity contribution >= 4 is 16.5 Å². The van der Waals surface area contributed by atoms with Gasteiger partial charge in [-0.2, -0.15) is 0 Å². The van der Waals surface area contributed by atoms with Crippen LogP contribution in [0.3, 0.4) is 0 Å². The third kappa shape index (κ3) is 5.33. The number of nitrogens with zero attached hydrogens (tertiary/aromatic N) is 3.